The highest BCUT2D eigenvalue weighted by molar-refractivity contribution is 5.79. The summed E-state index contributed by atoms with van der Waals surface area (Å²) in [5, 5.41) is 3.20. The smallest absolute Gasteiger partial charge is 0.223 e. The van der Waals surface area contributed by atoms with Gasteiger partial charge in [0.25, 0.3) is 0 Å². The minimum absolute atomic E-state index is 0.163. The zero-order chi connectivity index (χ0) is 12.3. The molecule has 17 heavy (non-hydrogen) atoms. The van der Waals surface area contributed by atoms with Gasteiger partial charge in [-0.25, -0.2) is 0 Å². The number of carbonyl (C=O) groups excluding carboxylic acids is 1. The molecule has 0 spiro atoms. The Morgan fingerprint density at radius 3 is 2.47 bits per heavy atom. The first-order valence-electron chi connectivity index (χ1n) is 6.96. The van der Waals surface area contributed by atoms with Crippen LogP contribution in [0, 0.1) is 11.8 Å². The average molecular weight is 239 g/mol. The fourth-order valence-corrected chi connectivity index (χ4v) is 3.24. The maximum atomic E-state index is 12.2. The van der Waals surface area contributed by atoms with Gasteiger partial charge in [0.2, 0.25) is 5.91 Å². The number of rotatable bonds is 3. The molecule has 2 unspecified atom stereocenters. The van der Waals surface area contributed by atoms with Crippen LogP contribution in [-0.2, 0) is 4.79 Å². The Hall–Kier alpha value is -0.610. The van der Waals surface area contributed by atoms with Crippen LogP contribution >= 0.6 is 0 Å². The van der Waals surface area contributed by atoms with Gasteiger partial charge in [-0.15, -0.1) is 0 Å². The molecule has 0 saturated heterocycles. The van der Waals surface area contributed by atoms with Crippen molar-refractivity contribution in [3.63, 3.8) is 0 Å². The van der Waals surface area contributed by atoms with Crippen LogP contribution in [-0.4, -0.2) is 24.5 Å². The summed E-state index contributed by atoms with van der Waals surface area (Å²) in [6.07, 6.45) is 7.42. The van der Waals surface area contributed by atoms with Gasteiger partial charge in [0.1, 0.15) is 0 Å². The van der Waals surface area contributed by atoms with E-state index in [0.717, 1.165) is 44.9 Å². The average Bonchev–Trinajstić information content (AvgIpc) is 2.80. The molecule has 0 aromatic rings. The van der Waals surface area contributed by atoms with Crippen molar-refractivity contribution in [3.05, 3.63) is 0 Å². The lowest BCUT2D eigenvalue weighted by Crippen LogP contribution is -2.44. The van der Waals surface area contributed by atoms with Gasteiger partial charge in [0.05, 0.1) is 0 Å². The molecule has 2 rings (SSSR count). The van der Waals surface area contributed by atoms with E-state index in [1.807, 2.05) is 0 Å². The molecule has 0 aromatic carbocycles. The van der Waals surface area contributed by atoms with Crippen LogP contribution in [0.5, 0.6) is 0 Å². The summed E-state index contributed by atoms with van der Waals surface area (Å²) >= 11 is 0. The number of nitrogens with one attached hydrogen (secondary N) is 1. The third kappa shape index (κ3) is 3.19. The summed E-state index contributed by atoms with van der Waals surface area (Å²) < 4.78 is 0. The summed E-state index contributed by atoms with van der Waals surface area (Å²) in [5.74, 6) is 0.801. The maximum Gasteiger partial charge on any atom is 0.223 e. The van der Waals surface area contributed by atoms with E-state index in [0.29, 0.717) is 24.5 Å². The molecule has 0 aromatic heterocycles. The van der Waals surface area contributed by atoms with Gasteiger partial charge < -0.3 is 16.8 Å². The van der Waals surface area contributed by atoms with E-state index in [1.165, 1.54) is 0 Å². The van der Waals surface area contributed by atoms with Crippen molar-refractivity contribution in [2.45, 2.75) is 57.0 Å². The van der Waals surface area contributed by atoms with Gasteiger partial charge >= 0.3 is 0 Å². The Morgan fingerprint density at radius 2 is 1.82 bits per heavy atom. The first-order chi connectivity index (χ1) is 8.20. The van der Waals surface area contributed by atoms with E-state index in [9.17, 15) is 4.79 Å². The molecule has 5 N–H and O–H groups in total. The minimum Gasteiger partial charge on any atom is -0.353 e. The molecule has 4 nitrogen and oxygen atoms in total. The Kier molecular flexibility index (Phi) is 4.40. The standard InChI is InChI=1S/C13H25N3O/c14-8-9-2-1-3-12(9)13(17)16-11-6-4-10(15)5-7-11/h9-12H,1-8,14-15H2,(H,16,17). The summed E-state index contributed by atoms with van der Waals surface area (Å²) in [6.45, 7) is 0.646. The van der Waals surface area contributed by atoms with Crippen molar-refractivity contribution in [2.24, 2.45) is 23.3 Å². The lowest BCUT2D eigenvalue weighted by Gasteiger charge is -2.28. The molecule has 0 radical (unpaired) electrons. The van der Waals surface area contributed by atoms with Gasteiger partial charge in [-0.1, -0.05) is 6.42 Å². The van der Waals surface area contributed by atoms with E-state index in [-0.39, 0.29) is 11.8 Å². The van der Waals surface area contributed by atoms with Gasteiger partial charge in [0.15, 0.2) is 0 Å². The minimum atomic E-state index is 0.163. The number of carbonyl (C=O) groups is 1. The highest BCUT2D eigenvalue weighted by atomic mass is 16.2. The van der Waals surface area contributed by atoms with Crippen molar-refractivity contribution in [1.82, 2.24) is 5.32 Å². The van der Waals surface area contributed by atoms with Crippen LogP contribution in [0.1, 0.15) is 44.9 Å². The van der Waals surface area contributed by atoms with E-state index < -0.39 is 0 Å². The van der Waals surface area contributed by atoms with E-state index in [4.69, 9.17) is 11.5 Å². The molecule has 2 atom stereocenters. The van der Waals surface area contributed by atoms with Crippen LogP contribution in [0.25, 0.3) is 0 Å². The summed E-state index contributed by atoms with van der Waals surface area (Å²) in [4.78, 5) is 12.2. The van der Waals surface area contributed by atoms with Crippen LogP contribution in [0.4, 0.5) is 0 Å². The fraction of sp³-hybridized carbons (Fsp3) is 0.923. The lowest BCUT2D eigenvalue weighted by molar-refractivity contribution is -0.126. The topological polar surface area (TPSA) is 81.1 Å². The molecule has 2 fully saturated rings. The Labute approximate surface area is 103 Å². The lowest BCUT2D eigenvalue weighted by atomic mass is 9.90. The molecule has 1 amide bonds. The molecule has 2 saturated carbocycles. The highest BCUT2D eigenvalue weighted by Gasteiger charge is 2.33. The van der Waals surface area contributed by atoms with Gasteiger partial charge in [-0.05, 0) is 51.0 Å². The second-order valence-corrected chi connectivity index (χ2v) is 5.65. The predicted molar refractivity (Wildman–Crippen MR) is 68.3 cm³/mol. The summed E-state index contributed by atoms with van der Waals surface area (Å²) in [6, 6.07) is 0.688. The molecule has 2 aliphatic carbocycles. The first-order valence-corrected chi connectivity index (χ1v) is 6.96. The molecule has 4 heteroatoms. The summed E-state index contributed by atoms with van der Waals surface area (Å²) in [5.41, 5.74) is 11.6. The van der Waals surface area contributed by atoms with Crippen molar-refractivity contribution >= 4 is 5.91 Å². The number of hydrogen-bond donors (Lipinski definition) is 3. The second-order valence-electron chi connectivity index (χ2n) is 5.65. The molecule has 0 heterocycles. The molecule has 2 aliphatic rings. The Bertz CT molecular complexity index is 261. The number of nitrogens with two attached hydrogens (primary N) is 2. The number of hydrogen-bond acceptors (Lipinski definition) is 3. The first kappa shape index (κ1) is 12.8. The fourth-order valence-electron chi connectivity index (χ4n) is 3.24. The normalized spacial score (nSPS) is 38.0. The predicted octanol–water partition coefficient (Wildman–Crippen LogP) is 0.748. The summed E-state index contributed by atoms with van der Waals surface area (Å²) in [7, 11) is 0. The van der Waals surface area contributed by atoms with Gasteiger partial charge in [0, 0.05) is 18.0 Å². The molecular formula is C13H25N3O. The number of amides is 1. The second kappa shape index (κ2) is 5.83. The molecule has 0 aliphatic heterocycles. The van der Waals surface area contributed by atoms with Crippen LogP contribution in [0.3, 0.4) is 0 Å². The molecule has 98 valence electrons. The van der Waals surface area contributed by atoms with E-state index >= 15 is 0 Å². The Morgan fingerprint density at radius 1 is 1.12 bits per heavy atom. The zero-order valence-electron chi connectivity index (χ0n) is 10.5. The zero-order valence-corrected chi connectivity index (χ0v) is 10.5. The van der Waals surface area contributed by atoms with Crippen LogP contribution in [0.2, 0.25) is 0 Å². The molecular weight excluding hydrogens is 214 g/mol. The van der Waals surface area contributed by atoms with Crippen molar-refractivity contribution in [1.29, 1.82) is 0 Å². The largest absolute Gasteiger partial charge is 0.353 e. The van der Waals surface area contributed by atoms with Crippen molar-refractivity contribution < 1.29 is 4.79 Å². The maximum absolute atomic E-state index is 12.2. The quantitative estimate of drug-likeness (QED) is 0.679. The third-order valence-corrected chi connectivity index (χ3v) is 4.42. The van der Waals surface area contributed by atoms with Crippen molar-refractivity contribution in [2.75, 3.05) is 6.54 Å². The van der Waals surface area contributed by atoms with Crippen LogP contribution < -0.4 is 16.8 Å². The van der Waals surface area contributed by atoms with Crippen molar-refractivity contribution in [3.8, 4) is 0 Å². The SMILES string of the molecule is NCC1CCCC1C(=O)NC1CCC(N)CC1. The van der Waals surface area contributed by atoms with Gasteiger partial charge in [-0.2, -0.15) is 0 Å². The monoisotopic (exact) mass is 239 g/mol. The molecule has 0 bridgehead atoms. The van der Waals surface area contributed by atoms with E-state index in [2.05, 4.69) is 5.32 Å². The van der Waals surface area contributed by atoms with Gasteiger partial charge in [-0.3, -0.25) is 4.79 Å². The Balaban J connectivity index is 1.80. The van der Waals surface area contributed by atoms with Crippen LogP contribution in [0.15, 0.2) is 0 Å². The van der Waals surface area contributed by atoms with E-state index in [1.54, 1.807) is 0 Å². The third-order valence-electron chi connectivity index (χ3n) is 4.42. The highest BCUT2D eigenvalue weighted by Crippen LogP contribution is 2.31.